The van der Waals surface area contributed by atoms with Gasteiger partial charge in [0.05, 0.1) is 30.1 Å². The Morgan fingerprint density at radius 2 is 2.19 bits per heavy atom. The number of ether oxygens (including phenoxy) is 1. The molecule has 4 aromatic heterocycles. The van der Waals surface area contributed by atoms with Gasteiger partial charge in [0.1, 0.15) is 22.1 Å². The number of halogens is 1. The van der Waals surface area contributed by atoms with Gasteiger partial charge in [-0.1, -0.05) is 6.07 Å². The van der Waals surface area contributed by atoms with Gasteiger partial charge in [-0.2, -0.15) is 9.49 Å². The molecule has 11 heteroatoms. The number of nitrogens with zero attached hydrogens (tertiary/aromatic N) is 5. The summed E-state index contributed by atoms with van der Waals surface area (Å²) in [6, 6.07) is 5.70. The van der Waals surface area contributed by atoms with E-state index >= 15 is 0 Å². The van der Waals surface area contributed by atoms with Crippen LogP contribution in [0.4, 0.5) is 4.39 Å². The monoisotopic (exact) mass is 455 g/mol. The number of aromatic nitrogens is 5. The van der Waals surface area contributed by atoms with E-state index in [1.165, 1.54) is 29.1 Å². The average Bonchev–Trinajstić information content (AvgIpc) is 3.22. The van der Waals surface area contributed by atoms with Gasteiger partial charge in [-0.25, -0.2) is 19.4 Å². The molecule has 1 fully saturated rings. The fraction of sp³-hybridized carbons (Fsp3) is 0.286. The van der Waals surface area contributed by atoms with Crippen molar-refractivity contribution in [1.82, 2.24) is 24.3 Å². The third kappa shape index (κ3) is 3.59. The summed E-state index contributed by atoms with van der Waals surface area (Å²) in [6.45, 7) is 3.07. The molecule has 1 unspecified atom stereocenters. The number of imidazole rings is 1. The van der Waals surface area contributed by atoms with Crippen molar-refractivity contribution in [2.45, 2.75) is 32.5 Å². The molecule has 164 valence electrons. The second kappa shape index (κ2) is 7.92. The normalized spacial score (nSPS) is 15.8. The molecule has 0 bridgehead atoms. The van der Waals surface area contributed by atoms with Crippen LogP contribution >= 0.6 is 11.3 Å². The van der Waals surface area contributed by atoms with Crippen molar-refractivity contribution >= 4 is 27.7 Å². The molecule has 32 heavy (non-hydrogen) atoms. The molecule has 0 aliphatic carbocycles. The minimum Gasteiger partial charge on any atom is -0.477 e. The van der Waals surface area contributed by atoms with Crippen molar-refractivity contribution in [3.8, 4) is 11.3 Å². The topological polar surface area (TPSA) is 112 Å². The van der Waals surface area contributed by atoms with E-state index in [4.69, 9.17) is 4.74 Å². The highest BCUT2D eigenvalue weighted by molar-refractivity contribution is 7.20. The van der Waals surface area contributed by atoms with Gasteiger partial charge in [0.2, 0.25) is 5.95 Å². The van der Waals surface area contributed by atoms with Crippen LogP contribution in [0, 0.1) is 12.9 Å². The second-order valence-electron chi connectivity index (χ2n) is 7.52. The van der Waals surface area contributed by atoms with Gasteiger partial charge in [-0.3, -0.25) is 4.79 Å². The highest BCUT2D eigenvalue weighted by atomic mass is 32.1. The van der Waals surface area contributed by atoms with E-state index in [9.17, 15) is 19.1 Å². The van der Waals surface area contributed by atoms with Gasteiger partial charge in [-0.05, 0) is 25.5 Å². The van der Waals surface area contributed by atoms with Crippen molar-refractivity contribution in [3.63, 3.8) is 0 Å². The fourth-order valence-corrected chi connectivity index (χ4v) is 4.78. The Bertz CT molecular complexity index is 1410. The molecule has 9 nitrogen and oxygen atoms in total. The number of carboxylic acids is 1. The zero-order valence-electron chi connectivity index (χ0n) is 17.0. The van der Waals surface area contributed by atoms with Crippen LogP contribution in [0.25, 0.3) is 21.6 Å². The number of hydrogen-bond donors (Lipinski definition) is 1. The Kier molecular flexibility index (Phi) is 5.06. The third-order valence-corrected chi connectivity index (χ3v) is 6.62. The SMILES string of the molecule is Cc1c(C(=O)O)sc2nc(Cn3ncc(-c4cccc(F)n4)cc3=O)n(CC3CCO3)c12. The van der Waals surface area contributed by atoms with Gasteiger partial charge in [0.15, 0.2) is 0 Å². The molecule has 0 spiro atoms. The number of carbonyl (C=O) groups is 1. The van der Waals surface area contributed by atoms with E-state index in [0.29, 0.717) is 40.6 Å². The zero-order valence-corrected chi connectivity index (χ0v) is 17.8. The van der Waals surface area contributed by atoms with Crippen molar-refractivity contribution in [1.29, 1.82) is 0 Å². The van der Waals surface area contributed by atoms with Crippen molar-refractivity contribution < 1.29 is 19.0 Å². The van der Waals surface area contributed by atoms with Crippen LogP contribution in [0.1, 0.15) is 27.5 Å². The Hall–Kier alpha value is -3.44. The Balaban J connectivity index is 1.52. The lowest BCUT2D eigenvalue weighted by atomic mass is 10.2. The third-order valence-electron chi connectivity index (χ3n) is 5.45. The molecule has 1 atom stereocenters. The molecule has 5 rings (SSSR count). The summed E-state index contributed by atoms with van der Waals surface area (Å²) in [5, 5.41) is 13.7. The number of hydrogen-bond acceptors (Lipinski definition) is 7. The maximum atomic E-state index is 13.4. The number of carboxylic acid groups (broad SMARTS) is 1. The molecule has 0 saturated carbocycles. The average molecular weight is 455 g/mol. The smallest absolute Gasteiger partial charge is 0.346 e. The molecule has 1 N–H and O–H groups in total. The minimum atomic E-state index is -0.988. The summed E-state index contributed by atoms with van der Waals surface area (Å²) in [5.41, 5.74) is 1.74. The molecule has 1 aliphatic rings. The largest absolute Gasteiger partial charge is 0.477 e. The molecule has 0 aromatic carbocycles. The van der Waals surface area contributed by atoms with Crippen LogP contribution < -0.4 is 5.56 Å². The van der Waals surface area contributed by atoms with Gasteiger partial charge in [-0.15, -0.1) is 11.3 Å². The van der Waals surface area contributed by atoms with Crippen LogP contribution in [0.15, 0.2) is 35.3 Å². The Labute approximate surface area is 184 Å². The first-order chi connectivity index (χ1) is 15.4. The molecular formula is C21H18FN5O4S. The van der Waals surface area contributed by atoms with E-state index in [2.05, 4.69) is 15.1 Å². The maximum Gasteiger partial charge on any atom is 0.346 e. The maximum absolute atomic E-state index is 13.4. The van der Waals surface area contributed by atoms with Crippen molar-refractivity contribution in [3.05, 3.63) is 63.0 Å². The molecule has 1 aliphatic heterocycles. The molecule has 4 aromatic rings. The van der Waals surface area contributed by atoms with Gasteiger partial charge >= 0.3 is 5.97 Å². The molecular weight excluding hydrogens is 437 g/mol. The quantitative estimate of drug-likeness (QED) is 0.445. The first-order valence-electron chi connectivity index (χ1n) is 9.94. The van der Waals surface area contributed by atoms with Crippen LogP contribution in [-0.4, -0.2) is 48.1 Å². The number of pyridine rings is 1. The fourth-order valence-electron chi connectivity index (χ4n) is 3.74. The number of thiophene rings is 1. The molecule has 1 saturated heterocycles. The van der Waals surface area contributed by atoms with Crippen LogP contribution in [0.5, 0.6) is 0 Å². The number of rotatable bonds is 6. The van der Waals surface area contributed by atoms with Crippen molar-refractivity contribution in [2.75, 3.05) is 6.61 Å². The summed E-state index contributed by atoms with van der Waals surface area (Å²) in [6.07, 6.45) is 2.38. The van der Waals surface area contributed by atoms with E-state index in [1.54, 1.807) is 13.0 Å². The number of aromatic carboxylic acids is 1. The second-order valence-corrected chi connectivity index (χ2v) is 8.52. The van der Waals surface area contributed by atoms with E-state index < -0.39 is 11.9 Å². The highest BCUT2D eigenvalue weighted by Gasteiger charge is 2.26. The highest BCUT2D eigenvalue weighted by Crippen LogP contribution is 2.32. The minimum absolute atomic E-state index is 0.0184. The van der Waals surface area contributed by atoms with E-state index in [-0.39, 0.29) is 23.1 Å². The summed E-state index contributed by atoms with van der Waals surface area (Å²) in [7, 11) is 0. The first kappa shape index (κ1) is 20.5. The number of fused-ring (bicyclic) bond motifs is 1. The first-order valence-corrected chi connectivity index (χ1v) is 10.8. The molecule has 5 heterocycles. The lowest BCUT2D eigenvalue weighted by Gasteiger charge is -2.27. The Morgan fingerprint density at radius 3 is 2.84 bits per heavy atom. The van der Waals surface area contributed by atoms with Crippen LogP contribution in [-0.2, 0) is 17.8 Å². The standard InChI is InChI=1S/C21H18FN5O4S/c1-11-18-20(32-19(11)21(29)30)25-16(26(18)9-13-5-6-31-13)10-27-17(28)7-12(8-23-27)14-3-2-4-15(22)24-14/h2-4,7-8,13H,5-6,9-10H2,1H3,(H,29,30). The summed E-state index contributed by atoms with van der Waals surface area (Å²) >= 11 is 1.11. The lowest BCUT2D eigenvalue weighted by Crippen LogP contribution is -2.32. The summed E-state index contributed by atoms with van der Waals surface area (Å²) in [5.74, 6) is -1.03. The predicted molar refractivity (Wildman–Crippen MR) is 114 cm³/mol. The molecule has 0 amide bonds. The predicted octanol–water partition coefficient (Wildman–Crippen LogP) is 2.70. The van der Waals surface area contributed by atoms with Crippen LogP contribution in [0.2, 0.25) is 0 Å². The van der Waals surface area contributed by atoms with Crippen molar-refractivity contribution in [2.24, 2.45) is 0 Å². The summed E-state index contributed by atoms with van der Waals surface area (Å²) in [4.78, 5) is 33.5. The van der Waals surface area contributed by atoms with Gasteiger partial charge in [0.25, 0.3) is 5.56 Å². The van der Waals surface area contributed by atoms with Gasteiger partial charge in [0, 0.05) is 23.8 Å². The molecule has 0 radical (unpaired) electrons. The van der Waals surface area contributed by atoms with Gasteiger partial charge < -0.3 is 14.4 Å². The number of aryl methyl sites for hydroxylation is 1. The Morgan fingerprint density at radius 1 is 1.38 bits per heavy atom. The van der Waals surface area contributed by atoms with E-state index in [1.807, 2.05) is 4.57 Å². The zero-order chi connectivity index (χ0) is 22.4. The lowest BCUT2D eigenvalue weighted by molar-refractivity contribution is -0.0590. The van der Waals surface area contributed by atoms with Crippen LogP contribution in [0.3, 0.4) is 0 Å². The van der Waals surface area contributed by atoms with E-state index in [0.717, 1.165) is 23.3 Å². The summed E-state index contributed by atoms with van der Waals surface area (Å²) < 4.78 is 22.2.